The number of nitrogens with one attached hydrogen (secondary N) is 1. The monoisotopic (exact) mass is 328 g/mol. The summed E-state index contributed by atoms with van der Waals surface area (Å²) in [6, 6.07) is 3.56. The average molecular weight is 329 g/mol. The molecule has 1 unspecified atom stereocenters. The molecule has 0 spiro atoms. The first kappa shape index (κ1) is 16.0. The van der Waals surface area contributed by atoms with Gasteiger partial charge in [0.25, 0.3) is 5.91 Å². The van der Waals surface area contributed by atoms with Gasteiger partial charge >= 0.3 is 0 Å². The van der Waals surface area contributed by atoms with Crippen LogP contribution >= 0.6 is 15.9 Å². The molecule has 0 aliphatic rings. The van der Waals surface area contributed by atoms with Crippen LogP contribution in [0, 0.1) is 12.8 Å². The Hall–Kier alpha value is -1.07. The Morgan fingerprint density at radius 2 is 2.21 bits per heavy atom. The van der Waals surface area contributed by atoms with Gasteiger partial charge in [-0.25, -0.2) is 0 Å². The number of carbonyl (C=O) groups excluding carboxylic acids is 1. The molecule has 1 aromatic rings. The highest BCUT2D eigenvalue weighted by atomic mass is 79.9. The van der Waals surface area contributed by atoms with Crippen LogP contribution in [0.15, 0.2) is 16.6 Å². The molecule has 19 heavy (non-hydrogen) atoms. The van der Waals surface area contributed by atoms with Crippen molar-refractivity contribution < 1.29 is 9.90 Å². The van der Waals surface area contributed by atoms with Gasteiger partial charge in [0.15, 0.2) is 0 Å². The number of aliphatic hydroxyl groups is 1. The van der Waals surface area contributed by atoms with Crippen LogP contribution in [0.2, 0.25) is 0 Å². The van der Waals surface area contributed by atoms with Gasteiger partial charge in [0, 0.05) is 28.9 Å². The van der Waals surface area contributed by atoms with E-state index in [0.29, 0.717) is 30.1 Å². The van der Waals surface area contributed by atoms with E-state index in [2.05, 4.69) is 28.2 Å². The number of nitrogens with two attached hydrogens (primary N) is 1. The summed E-state index contributed by atoms with van der Waals surface area (Å²) in [6.07, 6.45) is 1.64. The number of hydrogen-bond donors (Lipinski definition) is 3. The molecule has 1 amide bonds. The number of hydrogen-bond acceptors (Lipinski definition) is 3. The van der Waals surface area contributed by atoms with Gasteiger partial charge in [0.05, 0.1) is 0 Å². The van der Waals surface area contributed by atoms with Crippen molar-refractivity contribution in [3.8, 4) is 0 Å². The maximum Gasteiger partial charge on any atom is 0.251 e. The summed E-state index contributed by atoms with van der Waals surface area (Å²) in [5, 5.41) is 11.8. The van der Waals surface area contributed by atoms with Gasteiger partial charge in [-0.2, -0.15) is 0 Å². The smallest absolute Gasteiger partial charge is 0.251 e. The molecule has 0 aliphatic heterocycles. The third-order valence-electron chi connectivity index (χ3n) is 3.32. The van der Waals surface area contributed by atoms with Gasteiger partial charge in [0.2, 0.25) is 0 Å². The Bertz CT molecular complexity index is 449. The minimum absolute atomic E-state index is 0.123. The SMILES string of the molecule is CCC(CCO)CNC(=O)c1cc(Br)cc(N)c1C. The average Bonchev–Trinajstić information content (AvgIpc) is 2.38. The lowest BCUT2D eigenvalue weighted by atomic mass is 10.0. The van der Waals surface area contributed by atoms with E-state index in [1.54, 1.807) is 12.1 Å². The molecule has 0 bridgehead atoms. The molecule has 0 heterocycles. The van der Waals surface area contributed by atoms with Crippen molar-refractivity contribution >= 4 is 27.5 Å². The second kappa shape index (κ2) is 7.50. The molecular weight excluding hydrogens is 308 g/mol. The van der Waals surface area contributed by atoms with Crippen LogP contribution in [0.4, 0.5) is 5.69 Å². The normalized spacial score (nSPS) is 12.2. The lowest BCUT2D eigenvalue weighted by Gasteiger charge is -2.15. The molecule has 106 valence electrons. The van der Waals surface area contributed by atoms with E-state index in [1.165, 1.54) is 0 Å². The zero-order chi connectivity index (χ0) is 14.4. The van der Waals surface area contributed by atoms with Gasteiger partial charge < -0.3 is 16.2 Å². The molecule has 4 nitrogen and oxygen atoms in total. The van der Waals surface area contributed by atoms with E-state index in [0.717, 1.165) is 16.5 Å². The third-order valence-corrected chi connectivity index (χ3v) is 3.78. The van der Waals surface area contributed by atoms with Gasteiger partial charge in [-0.05, 0) is 37.0 Å². The number of amides is 1. The molecule has 5 heteroatoms. The topological polar surface area (TPSA) is 75.3 Å². The number of halogens is 1. The molecule has 1 rings (SSSR count). The Morgan fingerprint density at radius 1 is 1.53 bits per heavy atom. The van der Waals surface area contributed by atoms with Gasteiger partial charge in [0.1, 0.15) is 0 Å². The van der Waals surface area contributed by atoms with Crippen molar-refractivity contribution in [3.63, 3.8) is 0 Å². The van der Waals surface area contributed by atoms with Crippen LogP contribution in [0.25, 0.3) is 0 Å². The molecule has 0 saturated heterocycles. The van der Waals surface area contributed by atoms with E-state index >= 15 is 0 Å². The predicted molar refractivity (Wildman–Crippen MR) is 81.1 cm³/mol. The molecule has 0 saturated carbocycles. The van der Waals surface area contributed by atoms with Crippen molar-refractivity contribution in [1.29, 1.82) is 0 Å². The lowest BCUT2D eigenvalue weighted by molar-refractivity contribution is 0.0943. The lowest BCUT2D eigenvalue weighted by Crippen LogP contribution is -2.30. The zero-order valence-corrected chi connectivity index (χ0v) is 13.0. The summed E-state index contributed by atoms with van der Waals surface area (Å²) < 4.78 is 0.795. The molecule has 4 N–H and O–H groups in total. The standard InChI is InChI=1S/C14H21BrN2O2/c1-3-10(4-5-18)8-17-14(19)12-6-11(15)7-13(16)9(12)2/h6-7,10,18H,3-5,8,16H2,1-2H3,(H,17,19). The first-order valence-corrected chi connectivity index (χ1v) is 7.23. The number of aliphatic hydroxyl groups excluding tert-OH is 1. The molecule has 1 aromatic carbocycles. The first-order valence-electron chi connectivity index (χ1n) is 6.44. The Balaban J connectivity index is 2.73. The van der Waals surface area contributed by atoms with Crippen LogP contribution in [0.5, 0.6) is 0 Å². The molecule has 0 fully saturated rings. The van der Waals surface area contributed by atoms with Crippen LogP contribution in [-0.4, -0.2) is 24.2 Å². The Morgan fingerprint density at radius 3 is 2.79 bits per heavy atom. The van der Waals surface area contributed by atoms with Gasteiger partial charge in [-0.3, -0.25) is 4.79 Å². The summed E-state index contributed by atoms with van der Waals surface area (Å²) in [4.78, 5) is 12.1. The van der Waals surface area contributed by atoms with E-state index < -0.39 is 0 Å². The highest BCUT2D eigenvalue weighted by molar-refractivity contribution is 9.10. The van der Waals surface area contributed by atoms with Crippen LogP contribution in [0.3, 0.4) is 0 Å². The molecule has 0 aromatic heterocycles. The fourth-order valence-corrected chi connectivity index (χ4v) is 2.38. The minimum Gasteiger partial charge on any atom is -0.398 e. The van der Waals surface area contributed by atoms with Gasteiger partial charge in [-0.1, -0.05) is 29.3 Å². The highest BCUT2D eigenvalue weighted by Gasteiger charge is 2.14. The second-order valence-corrected chi connectivity index (χ2v) is 5.58. The number of anilines is 1. The quantitative estimate of drug-likeness (QED) is 0.702. The fourth-order valence-electron chi connectivity index (χ4n) is 1.90. The third kappa shape index (κ3) is 4.51. The predicted octanol–water partition coefficient (Wildman–Crippen LogP) is 2.48. The maximum atomic E-state index is 12.1. The zero-order valence-electron chi connectivity index (χ0n) is 11.4. The molecule has 0 aliphatic carbocycles. The van der Waals surface area contributed by atoms with Crippen molar-refractivity contribution in [2.75, 3.05) is 18.9 Å². The maximum absolute atomic E-state index is 12.1. The fraction of sp³-hybridized carbons (Fsp3) is 0.500. The van der Waals surface area contributed by atoms with Crippen LogP contribution in [-0.2, 0) is 0 Å². The second-order valence-electron chi connectivity index (χ2n) is 4.66. The van der Waals surface area contributed by atoms with Crippen LogP contribution < -0.4 is 11.1 Å². The van der Waals surface area contributed by atoms with E-state index in [9.17, 15) is 4.79 Å². The number of nitrogen functional groups attached to an aromatic ring is 1. The Labute approximate surface area is 122 Å². The summed E-state index contributed by atoms with van der Waals surface area (Å²) in [5.74, 6) is 0.181. The van der Waals surface area contributed by atoms with Crippen molar-refractivity contribution in [2.24, 2.45) is 5.92 Å². The van der Waals surface area contributed by atoms with Gasteiger partial charge in [-0.15, -0.1) is 0 Å². The summed E-state index contributed by atoms with van der Waals surface area (Å²) in [7, 11) is 0. The molecular formula is C14H21BrN2O2. The van der Waals surface area contributed by atoms with Crippen LogP contribution in [0.1, 0.15) is 35.7 Å². The number of benzene rings is 1. The highest BCUT2D eigenvalue weighted by Crippen LogP contribution is 2.22. The van der Waals surface area contributed by atoms with Crippen molar-refractivity contribution in [1.82, 2.24) is 5.32 Å². The summed E-state index contributed by atoms with van der Waals surface area (Å²) in [6.45, 7) is 4.61. The number of carbonyl (C=O) groups is 1. The van der Waals surface area contributed by atoms with Crippen molar-refractivity contribution in [3.05, 3.63) is 27.7 Å². The minimum atomic E-state index is -0.123. The van der Waals surface area contributed by atoms with Crippen molar-refractivity contribution in [2.45, 2.75) is 26.7 Å². The largest absolute Gasteiger partial charge is 0.398 e. The van der Waals surface area contributed by atoms with E-state index in [4.69, 9.17) is 10.8 Å². The first-order chi connectivity index (χ1) is 8.99. The molecule has 0 radical (unpaired) electrons. The molecule has 1 atom stereocenters. The van der Waals surface area contributed by atoms with E-state index in [-0.39, 0.29) is 12.5 Å². The van der Waals surface area contributed by atoms with E-state index in [1.807, 2.05) is 6.92 Å². The number of rotatable bonds is 6. The Kier molecular flexibility index (Phi) is 6.31. The summed E-state index contributed by atoms with van der Waals surface area (Å²) in [5.41, 5.74) is 7.82. The summed E-state index contributed by atoms with van der Waals surface area (Å²) >= 11 is 3.34.